The Morgan fingerprint density at radius 3 is 2.74 bits per heavy atom. The normalized spacial score (nSPS) is 22.2. The predicted molar refractivity (Wildman–Crippen MR) is 137 cm³/mol. The molecule has 2 fully saturated rings. The van der Waals surface area contributed by atoms with Crippen LogP contribution in [0, 0.1) is 0 Å². The summed E-state index contributed by atoms with van der Waals surface area (Å²) in [6.45, 7) is 7.46. The summed E-state index contributed by atoms with van der Waals surface area (Å²) < 4.78 is 1.91. The third kappa shape index (κ3) is 4.49. The van der Waals surface area contributed by atoms with Gasteiger partial charge in [-0.2, -0.15) is 0 Å². The quantitative estimate of drug-likeness (QED) is 0.569. The molecule has 7 nitrogen and oxygen atoms in total. The third-order valence-electron chi connectivity index (χ3n) is 7.12. The molecular formula is C25H30Cl2N6O. The summed E-state index contributed by atoms with van der Waals surface area (Å²) in [6, 6.07) is 11.8. The van der Waals surface area contributed by atoms with E-state index in [1.807, 2.05) is 22.9 Å². The second kappa shape index (κ2) is 9.72. The third-order valence-corrected chi connectivity index (χ3v) is 7.68. The van der Waals surface area contributed by atoms with Crippen LogP contribution in [0.15, 0.2) is 36.4 Å². The van der Waals surface area contributed by atoms with Crippen molar-refractivity contribution in [1.29, 1.82) is 0 Å². The number of carbonyl (C=O) groups is 1. The van der Waals surface area contributed by atoms with Crippen LogP contribution in [-0.2, 0) is 4.79 Å². The molecule has 3 aromatic rings. The molecule has 3 heterocycles. The van der Waals surface area contributed by atoms with Gasteiger partial charge in [0.1, 0.15) is 5.52 Å². The first-order valence-electron chi connectivity index (χ1n) is 12.0. The highest BCUT2D eigenvalue weighted by Crippen LogP contribution is 2.31. The number of fused-ring (bicyclic) bond motifs is 1. The van der Waals surface area contributed by atoms with Crippen molar-refractivity contribution in [2.75, 3.05) is 31.1 Å². The molecule has 1 unspecified atom stereocenters. The van der Waals surface area contributed by atoms with Gasteiger partial charge in [0.05, 0.1) is 17.6 Å². The lowest BCUT2D eigenvalue weighted by molar-refractivity contribution is -0.136. The lowest BCUT2D eigenvalue weighted by Crippen LogP contribution is -2.58. The van der Waals surface area contributed by atoms with Crippen LogP contribution in [-0.4, -0.2) is 64.1 Å². The molecule has 5 rings (SSSR count). The van der Waals surface area contributed by atoms with Crippen molar-refractivity contribution in [3.8, 4) is 0 Å². The molecule has 2 aliphatic heterocycles. The Labute approximate surface area is 210 Å². The molecule has 1 N–H and O–H groups in total. The highest BCUT2D eigenvalue weighted by Gasteiger charge is 2.32. The van der Waals surface area contributed by atoms with Gasteiger partial charge in [-0.3, -0.25) is 4.79 Å². The molecule has 2 aromatic carbocycles. The highest BCUT2D eigenvalue weighted by molar-refractivity contribution is 6.35. The zero-order valence-electron chi connectivity index (χ0n) is 19.5. The van der Waals surface area contributed by atoms with Gasteiger partial charge < -0.3 is 15.1 Å². The molecule has 0 spiro atoms. The number of nitrogens with zero attached hydrogens (tertiary/aromatic N) is 5. The Morgan fingerprint density at radius 2 is 2.00 bits per heavy atom. The van der Waals surface area contributed by atoms with E-state index in [-0.39, 0.29) is 24.0 Å². The second-order valence-corrected chi connectivity index (χ2v) is 10.2. The number of piperazine rings is 1. The van der Waals surface area contributed by atoms with E-state index < -0.39 is 0 Å². The second-order valence-electron chi connectivity index (χ2n) is 9.38. The number of rotatable bonds is 4. The predicted octanol–water partition coefficient (Wildman–Crippen LogP) is 4.53. The molecule has 0 bridgehead atoms. The van der Waals surface area contributed by atoms with Gasteiger partial charge in [-0.05, 0) is 69.1 Å². The molecular weight excluding hydrogens is 471 g/mol. The molecule has 34 heavy (non-hydrogen) atoms. The first-order valence-corrected chi connectivity index (χ1v) is 12.8. The van der Waals surface area contributed by atoms with Crippen LogP contribution in [0.5, 0.6) is 0 Å². The molecule has 2 aliphatic rings. The number of amides is 1. The first-order chi connectivity index (χ1) is 16.4. The maximum absolute atomic E-state index is 13.1. The fraction of sp³-hybridized carbons (Fsp3) is 0.480. The molecule has 1 amide bonds. The fourth-order valence-electron chi connectivity index (χ4n) is 5.16. The van der Waals surface area contributed by atoms with Gasteiger partial charge >= 0.3 is 0 Å². The topological polar surface area (TPSA) is 66.3 Å². The first kappa shape index (κ1) is 23.4. The zero-order valence-corrected chi connectivity index (χ0v) is 21.1. The van der Waals surface area contributed by atoms with Crippen LogP contribution in [0.1, 0.15) is 44.7 Å². The van der Waals surface area contributed by atoms with Crippen LogP contribution in [0.25, 0.3) is 11.0 Å². The lowest BCUT2D eigenvalue weighted by atomic mass is 10.0. The van der Waals surface area contributed by atoms with Crippen molar-refractivity contribution >= 4 is 45.8 Å². The summed E-state index contributed by atoms with van der Waals surface area (Å²) in [7, 11) is 0. The Morgan fingerprint density at radius 1 is 1.15 bits per heavy atom. The summed E-state index contributed by atoms with van der Waals surface area (Å²) in [5.41, 5.74) is 3.85. The van der Waals surface area contributed by atoms with E-state index in [1.54, 1.807) is 6.07 Å². The van der Waals surface area contributed by atoms with Gasteiger partial charge in [0, 0.05) is 41.4 Å². The molecule has 2 saturated heterocycles. The molecule has 9 heteroatoms. The number of carbonyl (C=O) groups excluding carboxylic acids is 1. The lowest BCUT2D eigenvalue weighted by Gasteiger charge is -2.42. The minimum absolute atomic E-state index is 0.0271. The van der Waals surface area contributed by atoms with E-state index in [4.69, 9.17) is 23.2 Å². The summed E-state index contributed by atoms with van der Waals surface area (Å²) >= 11 is 12.5. The summed E-state index contributed by atoms with van der Waals surface area (Å²) in [5, 5.41) is 13.4. The number of benzene rings is 2. The van der Waals surface area contributed by atoms with Crippen LogP contribution >= 0.6 is 23.2 Å². The Balaban J connectivity index is 1.35. The van der Waals surface area contributed by atoms with Crippen LogP contribution in [0.4, 0.5) is 5.69 Å². The summed E-state index contributed by atoms with van der Waals surface area (Å²) in [5.74, 6) is 0.248. The van der Waals surface area contributed by atoms with Crippen LogP contribution < -0.4 is 10.2 Å². The zero-order chi connectivity index (χ0) is 23.8. The Kier molecular flexibility index (Phi) is 6.69. The van der Waals surface area contributed by atoms with E-state index >= 15 is 0 Å². The number of nitrogens with one attached hydrogen (secondary N) is 1. The minimum Gasteiger partial charge on any atom is -0.368 e. The van der Waals surface area contributed by atoms with Crippen molar-refractivity contribution in [1.82, 2.24) is 25.2 Å². The van der Waals surface area contributed by atoms with E-state index in [0.29, 0.717) is 10.0 Å². The van der Waals surface area contributed by atoms with E-state index in [9.17, 15) is 4.79 Å². The van der Waals surface area contributed by atoms with Gasteiger partial charge in [0.2, 0.25) is 5.91 Å². The van der Waals surface area contributed by atoms with Crippen molar-refractivity contribution in [3.05, 3.63) is 52.0 Å². The maximum atomic E-state index is 13.1. The number of hydrogen-bond acceptors (Lipinski definition) is 5. The average Bonchev–Trinajstić information content (AvgIpc) is 3.27. The van der Waals surface area contributed by atoms with E-state index in [1.165, 1.54) is 0 Å². The smallest absolute Gasteiger partial charge is 0.240 e. The van der Waals surface area contributed by atoms with Crippen molar-refractivity contribution in [3.63, 3.8) is 0 Å². The minimum atomic E-state index is -0.0959. The molecule has 0 radical (unpaired) electrons. The highest BCUT2D eigenvalue weighted by atomic mass is 35.5. The van der Waals surface area contributed by atoms with Gasteiger partial charge in [0.25, 0.3) is 0 Å². The van der Waals surface area contributed by atoms with Gasteiger partial charge in [-0.15, -0.1) is 5.10 Å². The van der Waals surface area contributed by atoms with Crippen molar-refractivity contribution in [2.45, 2.75) is 51.2 Å². The van der Waals surface area contributed by atoms with Gasteiger partial charge in [0.15, 0.2) is 0 Å². The number of halogens is 2. The molecule has 1 aromatic heterocycles. The Bertz CT molecular complexity index is 1190. The van der Waals surface area contributed by atoms with Crippen molar-refractivity contribution < 1.29 is 4.79 Å². The van der Waals surface area contributed by atoms with Crippen LogP contribution in [0.3, 0.4) is 0 Å². The summed E-state index contributed by atoms with van der Waals surface area (Å²) in [6.07, 6.45) is 3.22. The standard InChI is InChI=1S/C25H30Cl2N6O/c1-16-15-31(11-12-32(16)25(34)23-5-3-4-10-28-23)19-7-9-22-24(14-19)33(30-29-22)17(2)20-8-6-18(26)13-21(20)27/h6-9,13-14,16-17,23,28H,3-5,10-12,15H2,1-2H3/t16-,17-,23?/m1/s1. The van der Waals surface area contributed by atoms with E-state index in [0.717, 1.165) is 67.7 Å². The number of hydrogen-bond donors (Lipinski definition) is 1. The number of aromatic nitrogens is 3. The Hall–Kier alpha value is -2.35. The molecule has 3 atom stereocenters. The monoisotopic (exact) mass is 500 g/mol. The number of anilines is 1. The summed E-state index contributed by atoms with van der Waals surface area (Å²) in [4.78, 5) is 17.5. The largest absolute Gasteiger partial charge is 0.368 e. The average molecular weight is 501 g/mol. The maximum Gasteiger partial charge on any atom is 0.240 e. The fourth-order valence-corrected chi connectivity index (χ4v) is 5.73. The molecule has 0 saturated carbocycles. The van der Waals surface area contributed by atoms with Gasteiger partial charge in [-0.25, -0.2) is 4.68 Å². The molecule has 0 aliphatic carbocycles. The van der Waals surface area contributed by atoms with Crippen molar-refractivity contribution in [2.24, 2.45) is 0 Å². The molecule has 180 valence electrons. The SMILES string of the molecule is C[C@@H]1CN(c2ccc3nnn([C@H](C)c4ccc(Cl)cc4Cl)c3c2)CCN1C(=O)C1CCCCN1. The van der Waals surface area contributed by atoms with Gasteiger partial charge in [-0.1, -0.05) is 40.9 Å². The number of piperidine rings is 1. The van der Waals surface area contributed by atoms with E-state index in [2.05, 4.69) is 51.4 Å². The van der Waals surface area contributed by atoms with Crippen LogP contribution in [0.2, 0.25) is 10.0 Å².